The van der Waals surface area contributed by atoms with Crippen LogP contribution >= 0.6 is 12.4 Å². The average molecular weight is 230 g/mol. The van der Waals surface area contributed by atoms with Gasteiger partial charge in [0.05, 0.1) is 6.04 Å². The van der Waals surface area contributed by atoms with E-state index in [9.17, 15) is 4.79 Å². The summed E-state index contributed by atoms with van der Waals surface area (Å²) in [5, 5.41) is 0. The second-order valence-electron chi connectivity index (χ2n) is 3.40. The average Bonchev–Trinajstić information content (AvgIpc) is 2.18. The number of rotatable bonds is 3. The number of amides is 1. The van der Waals surface area contributed by atoms with Gasteiger partial charge in [-0.15, -0.1) is 12.4 Å². The van der Waals surface area contributed by atoms with E-state index in [1.165, 1.54) is 4.90 Å². The molecule has 0 aliphatic carbocycles. The van der Waals surface area contributed by atoms with Gasteiger partial charge in [0.15, 0.2) is 0 Å². The van der Waals surface area contributed by atoms with E-state index in [0.717, 1.165) is 5.56 Å². The van der Waals surface area contributed by atoms with Crippen LogP contribution in [-0.4, -0.2) is 35.9 Å². The highest BCUT2D eigenvalue weighted by atomic mass is 35.5. The molecule has 15 heavy (non-hydrogen) atoms. The Morgan fingerprint density at radius 1 is 1.60 bits per heavy atom. The first-order valence-electron chi connectivity index (χ1n) is 4.47. The van der Waals surface area contributed by atoms with Crippen molar-refractivity contribution in [3.63, 3.8) is 0 Å². The summed E-state index contributed by atoms with van der Waals surface area (Å²) < 4.78 is 0. The van der Waals surface area contributed by atoms with Gasteiger partial charge in [-0.25, -0.2) is 0 Å². The lowest BCUT2D eigenvalue weighted by atomic mass is 10.1. The molecule has 5 heteroatoms. The van der Waals surface area contributed by atoms with Crippen LogP contribution in [-0.2, 0) is 11.2 Å². The van der Waals surface area contributed by atoms with Gasteiger partial charge in [0, 0.05) is 26.5 Å². The SMILES string of the molecule is CN(C)C(=O)[C@@H](N)Cc1cccnc1.Cl. The van der Waals surface area contributed by atoms with Crippen molar-refractivity contribution in [1.29, 1.82) is 0 Å². The third-order valence-electron chi connectivity index (χ3n) is 1.94. The van der Waals surface area contributed by atoms with Crippen molar-refractivity contribution in [2.75, 3.05) is 14.1 Å². The Balaban J connectivity index is 0.00000196. The molecule has 1 aromatic rings. The molecule has 0 fully saturated rings. The van der Waals surface area contributed by atoms with Crippen LogP contribution in [0.3, 0.4) is 0 Å². The minimum Gasteiger partial charge on any atom is -0.347 e. The van der Waals surface area contributed by atoms with Crippen LogP contribution in [0, 0.1) is 0 Å². The summed E-state index contributed by atoms with van der Waals surface area (Å²) in [5.41, 5.74) is 6.71. The smallest absolute Gasteiger partial charge is 0.239 e. The first-order valence-corrected chi connectivity index (χ1v) is 4.47. The molecule has 0 radical (unpaired) electrons. The second kappa shape index (κ2) is 6.37. The second-order valence-corrected chi connectivity index (χ2v) is 3.40. The van der Waals surface area contributed by atoms with Crippen molar-refractivity contribution < 1.29 is 4.79 Å². The topological polar surface area (TPSA) is 59.2 Å². The quantitative estimate of drug-likeness (QED) is 0.820. The Labute approximate surface area is 95.9 Å². The highest BCUT2D eigenvalue weighted by Gasteiger charge is 2.15. The highest BCUT2D eigenvalue weighted by molar-refractivity contribution is 5.85. The third-order valence-corrected chi connectivity index (χ3v) is 1.94. The van der Waals surface area contributed by atoms with Crippen LogP contribution < -0.4 is 5.73 Å². The predicted molar refractivity (Wildman–Crippen MR) is 61.9 cm³/mol. The van der Waals surface area contributed by atoms with Gasteiger partial charge in [0.25, 0.3) is 0 Å². The van der Waals surface area contributed by atoms with Crippen molar-refractivity contribution >= 4 is 18.3 Å². The van der Waals surface area contributed by atoms with E-state index < -0.39 is 6.04 Å². The molecule has 0 aliphatic rings. The molecule has 1 rings (SSSR count). The number of nitrogens with two attached hydrogens (primary N) is 1. The molecule has 0 saturated carbocycles. The van der Waals surface area contributed by atoms with Gasteiger partial charge >= 0.3 is 0 Å². The summed E-state index contributed by atoms with van der Waals surface area (Å²) in [7, 11) is 3.40. The van der Waals surface area contributed by atoms with Crippen molar-refractivity contribution in [3.05, 3.63) is 30.1 Å². The van der Waals surface area contributed by atoms with Crippen molar-refractivity contribution in [1.82, 2.24) is 9.88 Å². The van der Waals surface area contributed by atoms with Crippen molar-refractivity contribution in [2.24, 2.45) is 5.73 Å². The van der Waals surface area contributed by atoms with Crippen LogP contribution in [0.15, 0.2) is 24.5 Å². The molecular weight excluding hydrogens is 214 g/mol. The largest absolute Gasteiger partial charge is 0.347 e. The van der Waals surface area contributed by atoms with E-state index in [1.807, 2.05) is 12.1 Å². The maximum atomic E-state index is 11.4. The lowest BCUT2D eigenvalue weighted by Crippen LogP contribution is -2.41. The molecule has 1 aromatic heterocycles. The number of nitrogens with zero attached hydrogens (tertiary/aromatic N) is 2. The molecule has 4 nitrogen and oxygen atoms in total. The highest BCUT2D eigenvalue weighted by Crippen LogP contribution is 2.01. The molecule has 0 aromatic carbocycles. The van der Waals surface area contributed by atoms with Crippen molar-refractivity contribution in [3.8, 4) is 0 Å². The molecule has 2 N–H and O–H groups in total. The Bertz CT molecular complexity index is 303. The molecule has 0 saturated heterocycles. The van der Waals surface area contributed by atoms with Gasteiger partial charge in [-0.3, -0.25) is 9.78 Å². The number of carbonyl (C=O) groups excluding carboxylic acids is 1. The fourth-order valence-electron chi connectivity index (χ4n) is 1.19. The van der Waals surface area contributed by atoms with Gasteiger partial charge in [-0.2, -0.15) is 0 Å². The Kier molecular flexibility index (Phi) is 5.89. The Hall–Kier alpha value is -1.13. The molecular formula is C10H16ClN3O. The van der Waals surface area contributed by atoms with E-state index in [4.69, 9.17) is 5.73 Å². The minimum absolute atomic E-state index is 0. The van der Waals surface area contributed by atoms with Gasteiger partial charge in [-0.05, 0) is 18.1 Å². The Morgan fingerprint density at radius 3 is 2.73 bits per heavy atom. The normalized spacial score (nSPS) is 11.4. The van der Waals surface area contributed by atoms with E-state index in [-0.39, 0.29) is 18.3 Å². The standard InChI is InChI=1S/C10H15N3O.ClH/c1-13(2)10(14)9(11)6-8-4-3-5-12-7-8;/h3-5,7,9H,6,11H2,1-2H3;1H/t9-;/m0./s1. The lowest BCUT2D eigenvalue weighted by Gasteiger charge is -2.16. The maximum absolute atomic E-state index is 11.4. The number of halogens is 1. The van der Waals surface area contributed by atoms with Crippen LogP contribution in [0.25, 0.3) is 0 Å². The number of hydrogen-bond acceptors (Lipinski definition) is 3. The number of hydrogen-bond donors (Lipinski definition) is 1. The van der Waals surface area contributed by atoms with E-state index in [2.05, 4.69) is 4.98 Å². The first kappa shape index (κ1) is 13.9. The minimum atomic E-state index is -0.478. The molecule has 1 atom stereocenters. The molecule has 84 valence electrons. The van der Waals surface area contributed by atoms with Crippen LogP contribution in [0.1, 0.15) is 5.56 Å². The summed E-state index contributed by atoms with van der Waals surface area (Å²) >= 11 is 0. The van der Waals surface area contributed by atoms with Gasteiger partial charge in [0.2, 0.25) is 5.91 Å². The molecule has 1 heterocycles. The van der Waals surface area contributed by atoms with Crippen LogP contribution in [0.5, 0.6) is 0 Å². The summed E-state index contributed by atoms with van der Waals surface area (Å²) in [6.07, 6.45) is 3.95. The van der Waals surface area contributed by atoms with Crippen LogP contribution in [0.4, 0.5) is 0 Å². The molecule has 0 unspecified atom stereocenters. The summed E-state index contributed by atoms with van der Waals surface area (Å²) in [5.74, 6) is -0.0612. The predicted octanol–water partition coefficient (Wildman–Crippen LogP) is 0.461. The van der Waals surface area contributed by atoms with E-state index in [1.54, 1.807) is 26.5 Å². The first-order chi connectivity index (χ1) is 6.61. The lowest BCUT2D eigenvalue weighted by molar-refractivity contribution is -0.130. The van der Waals surface area contributed by atoms with Crippen LogP contribution in [0.2, 0.25) is 0 Å². The van der Waals surface area contributed by atoms with Gasteiger partial charge < -0.3 is 10.6 Å². The van der Waals surface area contributed by atoms with E-state index in [0.29, 0.717) is 6.42 Å². The Morgan fingerprint density at radius 2 is 2.27 bits per heavy atom. The summed E-state index contributed by atoms with van der Waals surface area (Å²) in [6.45, 7) is 0. The zero-order valence-electron chi connectivity index (χ0n) is 8.88. The van der Waals surface area contributed by atoms with E-state index >= 15 is 0 Å². The van der Waals surface area contributed by atoms with Gasteiger partial charge in [-0.1, -0.05) is 6.07 Å². The number of aromatic nitrogens is 1. The number of likely N-dealkylation sites (N-methyl/N-ethyl adjacent to an activating group) is 1. The number of pyridine rings is 1. The molecule has 0 spiro atoms. The molecule has 0 aliphatic heterocycles. The zero-order valence-corrected chi connectivity index (χ0v) is 9.70. The summed E-state index contributed by atoms with van der Waals surface area (Å²) in [4.78, 5) is 16.9. The van der Waals surface area contributed by atoms with Gasteiger partial charge in [0.1, 0.15) is 0 Å². The fourth-order valence-corrected chi connectivity index (χ4v) is 1.19. The third kappa shape index (κ3) is 4.27. The van der Waals surface area contributed by atoms with Crippen molar-refractivity contribution in [2.45, 2.75) is 12.5 Å². The molecule has 0 bridgehead atoms. The maximum Gasteiger partial charge on any atom is 0.239 e. The summed E-state index contributed by atoms with van der Waals surface area (Å²) in [6, 6.07) is 3.27. The monoisotopic (exact) mass is 229 g/mol. The fraction of sp³-hybridized carbons (Fsp3) is 0.400. The number of carbonyl (C=O) groups is 1. The zero-order chi connectivity index (χ0) is 10.6. The molecule has 1 amide bonds.